The normalized spacial score (nSPS) is 10.3. The Labute approximate surface area is 133 Å². The van der Waals surface area contributed by atoms with Gasteiger partial charge in [-0.15, -0.1) is 0 Å². The fraction of sp³-hybridized carbons (Fsp3) is 0.154. The molecule has 1 aromatic heterocycles. The number of aromatic amines is 1. The van der Waals surface area contributed by atoms with E-state index in [2.05, 4.69) is 31.2 Å². The van der Waals surface area contributed by atoms with Crippen LogP contribution in [-0.2, 0) is 11.3 Å². The van der Waals surface area contributed by atoms with Crippen LogP contribution in [0.4, 0.5) is 0 Å². The molecule has 0 unspecified atom stereocenters. The minimum atomic E-state index is -1.10. The zero-order valence-corrected chi connectivity index (χ0v) is 13.2. The lowest BCUT2D eigenvalue weighted by Crippen LogP contribution is -2.24. The molecule has 0 aliphatic heterocycles. The van der Waals surface area contributed by atoms with Gasteiger partial charge in [-0.3, -0.25) is 4.79 Å². The van der Waals surface area contributed by atoms with Crippen molar-refractivity contribution in [3.63, 3.8) is 0 Å². The second-order valence-electron chi connectivity index (χ2n) is 4.09. The number of carboxylic acids is 1. The quantitative estimate of drug-likeness (QED) is 0.678. The number of halogens is 1. The molecule has 0 aliphatic rings. The van der Waals surface area contributed by atoms with Crippen molar-refractivity contribution in [1.82, 2.24) is 15.3 Å². The Hall–Kier alpha value is -1.80. The highest BCUT2D eigenvalue weighted by Crippen LogP contribution is 2.14. The van der Waals surface area contributed by atoms with Crippen molar-refractivity contribution in [2.75, 3.05) is 5.75 Å². The van der Waals surface area contributed by atoms with E-state index >= 15 is 0 Å². The van der Waals surface area contributed by atoms with Crippen LogP contribution in [0.1, 0.15) is 16.1 Å². The van der Waals surface area contributed by atoms with Gasteiger partial charge in [0.25, 0.3) is 0 Å². The standard InChI is InChI=1S/C13H12BrN3O3S/c14-9-3-1-2-8(4-9)5-15-11(18)7-21-13-16-6-10(17-13)12(19)20/h1-4,6H,5,7H2,(H,15,18)(H,16,17)(H,19,20). The summed E-state index contributed by atoms with van der Waals surface area (Å²) in [6.07, 6.45) is 1.30. The van der Waals surface area contributed by atoms with Crippen molar-refractivity contribution < 1.29 is 14.7 Å². The van der Waals surface area contributed by atoms with Gasteiger partial charge in [0.2, 0.25) is 5.91 Å². The van der Waals surface area contributed by atoms with Crippen molar-refractivity contribution in [3.8, 4) is 0 Å². The molecule has 8 heteroatoms. The topological polar surface area (TPSA) is 95.1 Å². The number of aromatic carboxylic acids is 1. The molecule has 21 heavy (non-hydrogen) atoms. The largest absolute Gasteiger partial charge is 0.476 e. The molecule has 0 saturated heterocycles. The molecule has 2 aromatic rings. The molecule has 110 valence electrons. The molecule has 0 atom stereocenters. The van der Waals surface area contributed by atoms with Gasteiger partial charge in [-0.25, -0.2) is 9.78 Å². The maximum absolute atomic E-state index is 11.7. The number of amides is 1. The number of carbonyl (C=O) groups excluding carboxylic acids is 1. The molecular weight excluding hydrogens is 358 g/mol. The average Bonchev–Trinajstić information content (AvgIpc) is 2.92. The Morgan fingerprint density at radius 3 is 2.90 bits per heavy atom. The number of H-pyrrole nitrogens is 1. The Balaban J connectivity index is 1.78. The van der Waals surface area contributed by atoms with Crippen molar-refractivity contribution in [1.29, 1.82) is 0 Å². The highest BCUT2D eigenvalue weighted by Gasteiger charge is 2.10. The van der Waals surface area contributed by atoms with Gasteiger partial charge in [-0.05, 0) is 17.7 Å². The Kier molecular flexibility index (Phi) is 5.40. The molecule has 2 rings (SSSR count). The fourth-order valence-electron chi connectivity index (χ4n) is 1.52. The number of rotatable bonds is 6. The monoisotopic (exact) mass is 369 g/mol. The molecule has 6 nitrogen and oxygen atoms in total. The van der Waals surface area contributed by atoms with Crippen molar-refractivity contribution in [2.24, 2.45) is 0 Å². The summed E-state index contributed by atoms with van der Waals surface area (Å²) in [6, 6.07) is 7.66. The first-order valence-corrected chi connectivity index (χ1v) is 7.75. The first-order chi connectivity index (χ1) is 10.0. The van der Waals surface area contributed by atoms with Crippen LogP contribution in [0.25, 0.3) is 0 Å². The second kappa shape index (κ2) is 7.28. The van der Waals surface area contributed by atoms with Gasteiger partial charge >= 0.3 is 5.97 Å². The number of hydrogen-bond donors (Lipinski definition) is 3. The third-order valence-corrected chi connectivity index (χ3v) is 3.87. The minimum absolute atomic E-state index is 0.0629. The van der Waals surface area contributed by atoms with E-state index in [1.54, 1.807) is 0 Å². The number of imidazole rings is 1. The number of carboxylic acid groups (broad SMARTS) is 1. The highest BCUT2D eigenvalue weighted by atomic mass is 79.9. The lowest BCUT2D eigenvalue weighted by molar-refractivity contribution is -0.118. The maximum atomic E-state index is 11.7. The molecular formula is C13H12BrN3O3S. The van der Waals surface area contributed by atoms with E-state index in [0.29, 0.717) is 11.7 Å². The minimum Gasteiger partial charge on any atom is -0.476 e. The van der Waals surface area contributed by atoms with Gasteiger partial charge in [-0.2, -0.15) is 0 Å². The molecule has 0 bridgehead atoms. The van der Waals surface area contributed by atoms with E-state index in [0.717, 1.165) is 21.8 Å². The van der Waals surface area contributed by atoms with Crippen LogP contribution < -0.4 is 5.32 Å². The lowest BCUT2D eigenvalue weighted by Gasteiger charge is -2.04. The molecule has 1 aromatic carbocycles. The third kappa shape index (κ3) is 4.91. The predicted octanol–water partition coefficient (Wildman–Crippen LogP) is 2.28. The summed E-state index contributed by atoms with van der Waals surface area (Å²) in [5.74, 6) is -1.08. The van der Waals surface area contributed by atoms with E-state index in [1.807, 2.05) is 24.3 Å². The number of thioether (sulfide) groups is 1. The highest BCUT2D eigenvalue weighted by molar-refractivity contribution is 9.10. The second-order valence-corrected chi connectivity index (χ2v) is 5.97. The Bertz CT molecular complexity index is 660. The molecule has 0 saturated carbocycles. The summed E-state index contributed by atoms with van der Waals surface area (Å²) in [5.41, 5.74) is 0.931. The van der Waals surface area contributed by atoms with E-state index in [9.17, 15) is 9.59 Å². The van der Waals surface area contributed by atoms with Crippen LogP contribution in [0.2, 0.25) is 0 Å². The first kappa shape index (κ1) is 15.6. The smallest absolute Gasteiger partial charge is 0.356 e. The number of carbonyl (C=O) groups is 2. The van der Waals surface area contributed by atoms with Crippen LogP contribution in [0, 0.1) is 0 Å². The SMILES string of the molecule is O=C(CSc1nc(C(=O)O)c[nH]1)NCc1cccc(Br)c1. The van der Waals surface area contributed by atoms with Crippen molar-refractivity contribution in [3.05, 3.63) is 46.2 Å². The van der Waals surface area contributed by atoms with Gasteiger partial charge in [0.15, 0.2) is 10.9 Å². The number of hydrogen-bond acceptors (Lipinski definition) is 4. The van der Waals surface area contributed by atoms with E-state index in [-0.39, 0.29) is 17.4 Å². The number of nitrogens with zero attached hydrogens (tertiary/aromatic N) is 1. The molecule has 1 amide bonds. The molecule has 0 radical (unpaired) electrons. The lowest BCUT2D eigenvalue weighted by atomic mass is 10.2. The zero-order chi connectivity index (χ0) is 15.2. The average molecular weight is 370 g/mol. The molecule has 0 aliphatic carbocycles. The summed E-state index contributed by atoms with van der Waals surface area (Å²) in [7, 11) is 0. The zero-order valence-electron chi connectivity index (χ0n) is 10.8. The van der Waals surface area contributed by atoms with Crippen LogP contribution in [-0.4, -0.2) is 32.7 Å². The Morgan fingerprint density at radius 1 is 1.43 bits per heavy atom. The van der Waals surface area contributed by atoms with E-state index < -0.39 is 5.97 Å². The first-order valence-electron chi connectivity index (χ1n) is 5.97. The number of nitrogens with one attached hydrogen (secondary N) is 2. The van der Waals surface area contributed by atoms with E-state index in [4.69, 9.17) is 5.11 Å². The number of benzene rings is 1. The van der Waals surface area contributed by atoms with E-state index in [1.165, 1.54) is 6.20 Å². The summed E-state index contributed by atoms with van der Waals surface area (Å²) < 4.78 is 0.959. The molecule has 3 N–H and O–H groups in total. The fourth-order valence-corrected chi connectivity index (χ4v) is 2.64. The summed E-state index contributed by atoms with van der Waals surface area (Å²) in [6.45, 7) is 0.442. The molecule has 1 heterocycles. The van der Waals surface area contributed by atoms with Gasteiger partial charge < -0.3 is 15.4 Å². The van der Waals surface area contributed by atoms with Crippen molar-refractivity contribution in [2.45, 2.75) is 11.7 Å². The van der Waals surface area contributed by atoms with Crippen molar-refractivity contribution >= 4 is 39.6 Å². The van der Waals surface area contributed by atoms with Gasteiger partial charge in [0.05, 0.1) is 5.75 Å². The molecule has 0 fully saturated rings. The summed E-state index contributed by atoms with van der Waals surface area (Å²) in [5, 5.41) is 11.9. The third-order valence-electron chi connectivity index (χ3n) is 2.49. The van der Waals surface area contributed by atoms with Crippen LogP contribution in [0.3, 0.4) is 0 Å². The summed E-state index contributed by atoms with van der Waals surface area (Å²) >= 11 is 4.52. The Morgan fingerprint density at radius 2 is 2.24 bits per heavy atom. The van der Waals surface area contributed by atoms with Gasteiger partial charge in [0, 0.05) is 17.2 Å². The molecule has 0 spiro atoms. The summed E-state index contributed by atoms with van der Waals surface area (Å²) in [4.78, 5) is 28.9. The maximum Gasteiger partial charge on any atom is 0.356 e. The predicted molar refractivity (Wildman–Crippen MR) is 82.3 cm³/mol. The van der Waals surface area contributed by atoms with Crippen LogP contribution >= 0.6 is 27.7 Å². The van der Waals surface area contributed by atoms with Crippen LogP contribution in [0.15, 0.2) is 40.1 Å². The van der Waals surface area contributed by atoms with Gasteiger partial charge in [-0.1, -0.05) is 39.8 Å². The van der Waals surface area contributed by atoms with Gasteiger partial charge in [0.1, 0.15) is 0 Å². The number of aromatic nitrogens is 2. The van der Waals surface area contributed by atoms with Crippen LogP contribution in [0.5, 0.6) is 0 Å².